The number of hydrogen-bond acceptors (Lipinski definition) is 5. The molecule has 1 atom stereocenters. The van der Waals surface area contributed by atoms with Crippen molar-refractivity contribution in [3.63, 3.8) is 0 Å². The van der Waals surface area contributed by atoms with Gasteiger partial charge >= 0.3 is 0 Å². The fourth-order valence-corrected chi connectivity index (χ4v) is 2.28. The topological polar surface area (TPSA) is 64.1 Å². The van der Waals surface area contributed by atoms with E-state index >= 15 is 0 Å². The Hall–Kier alpha value is -1.14. The van der Waals surface area contributed by atoms with Crippen molar-refractivity contribution in [1.82, 2.24) is 15.5 Å². The van der Waals surface area contributed by atoms with Gasteiger partial charge in [0.1, 0.15) is 0 Å². The minimum atomic E-state index is 0.208. The third-order valence-electron chi connectivity index (χ3n) is 2.85. The summed E-state index contributed by atoms with van der Waals surface area (Å²) in [4.78, 5) is 4.36. The minimum Gasteiger partial charge on any atom is -0.444 e. The van der Waals surface area contributed by atoms with Crippen LogP contribution in [0.3, 0.4) is 0 Å². The highest BCUT2D eigenvalue weighted by atomic mass is 79.9. The fraction of sp³-hybridized carbons (Fsp3) is 0.455. The molecule has 5 nitrogen and oxygen atoms in total. The molecular formula is C11H12BrN3O2. The minimum absolute atomic E-state index is 0.208. The van der Waals surface area contributed by atoms with Crippen molar-refractivity contribution in [2.24, 2.45) is 0 Å². The maximum absolute atomic E-state index is 5.37. The van der Waals surface area contributed by atoms with E-state index in [4.69, 9.17) is 8.94 Å². The Morgan fingerprint density at radius 1 is 1.35 bits per heavy atom. The molecule has 3 heterocycles. The first-order chi connectivity index (χ1) is 8.33. The Kier molecular flexibility index (Phi) is 2.98. The van der Waals surface area contributed by atoms with Gasteiger partial charge in [-0.15, -0.1) is 0 Å². The average molecular weight is 298 g/mol. The zero-order chi connectivity index (χ0) is 11.7. The molecule has 1 aliphatic heterocycles. The number of aromatic nitrogens is 2. The van der Waals surface area contributed by atoms with Gasteiger partial charge < -0.3 is 14.3 Å². The van der Waals surface area contributed by atoms with Gasteiger partial charge in [-0.3, -0.25) is 0 Å². The van der Waals surface area contributed by atoms with Crippen LogP contribution in [0, 0.1) is 0 Å². The lowest BCUT2D eigenvalue weighted by molar-refractivity contribution is 0.363. The van der Waals surface area contributed by atoms with E-state index in [1.807, 2.05) is 0 Å². The first-order valence-corrected chi connectivity index (χ1v) is 6.45. The molecule has 1 N–H and O–H groups in total. The fourth-order valence-electron chi connectivity index (χ4n) is 1.98. The number of furan rings is 1. The Bertz CT molecular complexity index is 502. The maximum Gasteiger partial charge on any atom is 0.293 e. The smallest absolute Gasteiger partial charge is 0.293 e. The lowest BCUT2D eigenvalue weighted by Gasteiger charge is -2.19. The van der Waals surface area contributed by atoms with Crippen molar-refractivity contribution in [3.8, 4) is 11.7 Å². The zero-order valence-electron chi connectivity index (χ0n) is 9.15. The summed E-state index contributed by atoms with van der Waals surface area (Å²) in [7, 11) is 0. The van der Waals surface area contributed by atoms with Gasteiger partial charge in [-0.25, -0.2) is 0 Å². The molecule has 0 spiro atoms. The number of piperidine rings is 1. The van der Waals surface area contributed by atoms with Gasteiger partial charge in [-0.1, -0.05) is 11.6 Å². The van der Waals surface area contributed by atoms with Crippen LogP contribution in [-0.4, -0.2) is 16.7 Å². The van der Waals surface area contributed by atoms with Crippen LogP contribution < -0.4 is 5.32 Å². The van der Waals surface area contributed by atoms with Crippen molar-refractivity contribution >= 4 is 15.9 Å². The second-order valence-corrected chi connectivity index (χ2v) is 4.85. The van der Waals surface area contributed by atoms with Gasteiger partial charge in [0.05, 0.1) is 6.04 Å². The molecule has 0 aliphatic carbocycles. The maximum atomic E-state index is 5.37. The van der Waals surface area contributed by atoms with E-state index in [9.17, 15) is 0 Å². The van der Waals surface area contributed by atoms with E-state index in [1.54, 1.807) is 12.1 Å². The SMILES string of the molecule is Brc1ccc(-c2nc(C3CCCCN3)no2)o1. The Balaban J connectivity index is 1.82. The third-order valence-corrected chi connectivity index (χ3v) is 3.27. The molecule has 0 saturated carbocycles. The summed E-state index contributed by atoms with van der Waals surface area (Å²) < 4.78 is 11.2. The summed E-state index contributed by atoms with van der Waals surface area (Å²) in [5.74, 6) is 1.73. The van der Waals surface area contributed by atoms with Gasteiger partial charge in [0.2, 0.25) is 0 Å². The molecule has 90 valence electrons. The standard InChI is InChI=1S/C11H12BrN3O2/c12-9-5-4-8(16-9)11-14-10(15-17-11)7-3-1-2-6-13-7/h4-5,7,13H,1-3,6H2. The molecular weight excluding hydrogens is 286 g/mol. The molecule has 0 radical (unpaired) electrons. The zero-order valence-corrected chi connectivity index (χ0v) is 10.7. The van der Waals surface area contributed by atoms with Crippen LogP contribution in [0.4, 0.5) is 0 Å². The molecule has 3 rings (SSSR count). The van der Waals surface area contributed by atoms with Gasteiger partial charge in [0.25, 0.3) is 5.89 Å². The lowest BCUT2D eigenvalue weighted by Crippen LogP contribution is -2.27. The summed E-state index contributed by atoms with van der Waals surface area (Å²) >= 11 is 3.24. The predicted octanol–water partition coefficient (Wildman–Crippen LogP) is 2.91. The molecule has 2 aromatic heterocycles. The molecule has 0 bridgehead atoms. The molecule has 17 heavy (non-hydrogen) atoms. The van der Waals surface area contributed by atoms with Crippen LogP contribution in [-0.2, 0) is 0 Å². The number of nitrogens with one attached hydrogen (secondary N) is 1. The molecule has 2 aromatic rings. The van der Waals surface area contributed by atoms with E-state index in [1.165, 1.54) is 12.8 Å². The van der Waals surface area contributed by atoms with Crippen LogP contribution in [0.15, 0.2) is 25.7 Å². The van der Waals surface area contributed by atoms with Crippen LogP contribution in [0.1, 0.15) is 31.1 Å². The van der Waals surface area contributed by atoms with E-state index in [2.05, 4.69) is 31.4 Å². The van der Waals surface area contributed by atoms with E-state index < -0.39 is 0 Å². The quantitative estimate of drug-likeness (QED) is 0.923. The summed E-state index contributed by atoms with van der Waals surface area (Å²) in [6.45, 7) is 1.01. The van der Waals surface area contributed by atoms with Gasteiger partial charge in [-0.05, 0) is 47.4 Å². The summed E-state index contributed by atoms with van der Waals surface area (Å²) in [6, 6.07) is 3.81. The van der Waals surface area contributed by atoms with Gasteiger partial charge in [-0.2, -0.15) is 4.98 Å². The second-order valence-electron chi connectivity index (χ2n) is 4.06. The van der Waals surface area contributed by atoms with Crippen molar-refractivity contribution in [1.29, 1.82) is 0 Å². The molecule has 1 fully saturated rings. The molecule has 1 saturated heterocycles. The van der Waals surface area contributed by atoms with E-state index in [0.29, 0.717) is 22.1 Å². The Morgan fingerprint density at radius 2 is 2.29 bits per heavy atom. The largest absolute Gasteiger partial charge is 0.444 e. The lowest BCUT2D eigenvalue weighted by atomic mass is 10.0. The first-order valence-electron chi connectivity index (χ1n) is 5.65. The number of hydrogen-bond donors (Lipinski definition) is 1. The number of rotatable bonds is 2. The summed E-state index contributed by atoms with van der Waals surface area (Å²) in [5.41, 5.74) is 0. The highest BCUT2D eigenvalue weighted by molar-refractivity contribution is 9.10. The highest BCUT2D eigenvalue weighted by Gasteiger charge is 2.21. The Labute approximate surface area is 107 Å². The van der Waals surface area contributed by atoms with Gasteiger partial charge in [0.15, 0.2) is 16.3 Å². The molecule has 6 heteroatoms. The van der Waals surface area contributed by atoms with Crippen molar-refractivity contribution in [2.75, 3.05) is 6.54 Å². The molecule has 1 unspecified atom stereocenters. The third kappa shape index (κ3) is 2.28. The predicted molar refractivity (Wildman–Crippen MR) is 64.3 cm³/mol. The Morgan fingerprint density at radius 3 is 3.00 bits per heavy atom. The van der Waals surface area contributed by atoms with Crippen molar-refractivity contribution in [3.05, 3.63) is 22.6 Å². The molecule has 0 aromatic carbocycles. The monoisotopic (exact) mass is 297 g/mol. The molecule has 0 amide bonds. The van der Waals surface area contributed by atoms with Crippen LogP contribution in [0.25, 0.3) is 11.7 Å². The normalized spacial score (nSPS) is 20.6. The summed E-state index contributed by atoms with van der Waals surface area (Å²) in [6.07, 6.45) is 3.47. The first kappa shape index (κ1) is 11.0. The highest BCUT2D eigenvalue weighted by Crippen LogP contribution is 2.26. The average Bonchev–Trinajstić information content (AvgIpc) is 2.98. The van der Waals surface area contributed by atoms with Gasteiger partial charge in [0, 0.05) is 0 Å². The van der Waals surface area contributed by atoms with Crippen LogP contribution >= 0.6 is 15.9 Å². The summed E-state index contributed by atoms with van der Waals surface area (Å²) in [5, 5.41) is 7.38. The van der Waals surface area contributed by atoms with Crippen LogP contribution in [0.5, 0.6) is 0 Å². The van der Waals surface area contributed by atoms with E-state index in [0.717, 1.165) is 13.0 Å². The van der Waals surface area contributed by atoms with E-state index in [-0.39, 0.29) is 6.04 Å². The van der Waals surface area contributed by atoms with Crippen molar-refractivity contribution < 1.29 is 8.94 Å². The number of nitrogens with zero attached hydrogens (tertiary/aromatic N) is 2. The van der Waals surface area contributed by atoms with Crippen LogP contribution in [0.2, 0.25) is 0 Å². The second kappa shape index (κ2) is 4.62. The van der Waals surface area contributed by atoms with Crippen molar-refractivity contribution in [2.45, 2.75) is 25.3 Å². The number of halogens is 1. The molecule has 1 aliphatic rings.